The fourth-order valence-corrected chi connectivity index (χ4v) is 2.77. The molecular weight excluding hydrogens is 360 g/mol. The summed E-state index contributed by atoms with van der Waals surface area (Å²) in [6.45, 7) is 8.03. The molecule has 0 unspecified atom stereocenters. The minimum atomic E-state index is -0.542. The van der Waals surface area contributed by atoms with E-state index in [1.807, 2.05) is 6.08 Å². The number of nitrogens with zero attached hydrogens (tertiary/aromatic N) is 2. The van der Waals surface area contributed by atoms with E-state index in [0.29, 0.717) is 25.3 Å². The van der Waals surface area contributed by atoms with Gasteiger partial charge in [0.15, 0.2) is 0 Å². The quantitative estimate of drug-likeness (QED) is 0.311. The Bertz CT molecular complexity index is 684. The topological polar surface area (TPSA) is 119 Å². The maximum absolute atomic E-state index is 12.4. The second kappa shape index (κ2) is 9.91. The van der Waals surface area contributed by atoms with E-state index in [2.05, 4.69) is 25.8 Å². The molecule has 0 aromatic heterocycles. The zero-order chi connectivity index (χ0) is 20.6. The number of ether oxygens (including phenoxy) is 1. The molecule has 2 amide bonds. The standard InChI is InChI=1S/C19H30N6O3/c1-19(2,3)28-18(27)23-9-6-8-22-17(26)14(13-20)16-21-10-7-15(24-16)25-11-4-5-12-25/h7,10,13,20-21H,4-6,8-9,11-12H2,1-3H3,(H,22,26)(H,23,27)/b16-14-,20-13?. The van der Waals surface area contributed by atoms with Crippen LogP contribution in [0.1, 0.15) is 40.0 Å². The van der Waals surface area contributed by atoms with Crippen molar-refractivity contribution >= 4 is 24.1 Å². The van der Waals surface area contributed by atoms with Crippen molar-refractivity contribution < 1.29 is 14.3 Å². The van der Waals surface area contributed by atoms with Crippen LogP contribution in [-0.4, -0.2) is 60.7 Å². The predicted molar refractivity (Wildman–Crippen MR) is 108 cm³/mol. The molecule has 4 N–H and O–H groups in total. The van der Waals surface area contributed by atoms with Gasteiger partial charge in [0.25, 0.3) is 5.91 Å². The molecule has 1 saturated heterocycles. The third-order valence-corrected chi connectivity index (χ3v) is 4.06. The van der Waals surface area contributed by atoms with Gasteiger partial charge in [-0.1, -0.05) is 0 Å². The van der Waals surface area contributed by atoms with Crippen LogP contribution in [0.2, 0.25) is 0 Å². The highest BCUT2D eigenvalue weighted by Gasteiger charge is 2.20. The normalized spacial score (nSPS) is 18.1. The Labute approximate surface area is 165 Å². The van der Waals surface area contributed by atoms with Gasteiger partial charge in [-0.15, -0.1) is 0 Å². The molecule has 0 spiro atoms. The molecule has 0 aromatic carbocycles. The van der Waals surface area contributed by atoms with Gasteiger partial charge >= 0.3 is 6.09 Å². The Kier molecular flexibility index (Phi) is 7.60. The lowest BCUT2D eigenvalue weighted by Crippen LogP contribution is -2.35. The number of aliphatic imine (C=N–C) groups is 1. The Morgan fingerprint density at radius 2 is 1.96 bits per heavy atom. The van der Waals surface area contributed by atoms with Crippen molar-refractivity contribution in [3.63, 3.8) is 0 Å². The van der Waals surface area contributed by atoms with Crippen LogP contribution in [-0.2, 0) is 9.53 Å². The molecule has 9 heteroatoms. The maximum atomic E-state index is 12.4. The van der Waals surface area contributed by atoms with Gasteiger partial charge in [0.2, 0.25) is 0 Å². The van der Waals surface area contributed by atoms with E-state index < -0.39 is 11.7 Å². The number of nitrogens with one attached hydrogen (secondary N) is 4. The molecule has 28 heavy (non-hydrogen) atoms. The summed E-state index contributed by atoms with van der Waals surface area (Å²) in [6.07, 6.45) is 6.93. The summed E-state index contributed by atoms with van der Waals surface area (Å²) in [4.78, 5) is 30.6. The van der Waals surface area contributed by atoms with Crippen molar-refractivity contribution in [2.45, 2.75) is 45.6 Å². The minimum absolute atomic E-state index is 0.168. The lowest BCUT2D eigenvalue weighted by Gasteiger charge is -2.21. The Morgan fingerprint density at radius 3 is 2.61 bits per heavy atom. The van der Waals surface area contributed by atoms with Crippen LogP contribution in [0.15, 0.2) is 28.7 Å². The molecule has 0 aromatic rings. The van der Waals surface area contributed by atoms with Crippen LogP contribution in [0.4, 0.5) is 4.79 Å². The molecule has 2 aliphatic rings. The van der Waals surface area contributed by atoms with Crippen LogP contribution < -0.4 is 16.0 Å². The number of hydrogen-bond acceptors (Lipinski definition) is 7. The fraction of sp³-hybridized carbons (Fsp3) is 0.579. The molecule has 2 heterocycles. The van der Waals surface area contributed by atoms with Crippen molar-refractivity contribution in [3.05, 3.63) is 23.7 Å². The van der Waals surface area contributed by atoms with E-state index in [9.17, 15) is 9.59 Å². The van der Waals surface area contributed by atoms with E-state index in [1.54, 1.807) is 27.0 Å². The molecule has 0 atom stereocenters. The first-order valence-electron chi connectivity index (χ1n) is 9.56. The van der Waals surface area contributed by atoms with E-state index >= 15 is 0 Å². The van der Waals surface area contributed by atoms with Crippen molar-refractivity contribution in [1.82, 2.24) is 20.9 Å². The van der Waals surface area contributed by atoms with Crippen LogP contribution in [0.3, 0.4) is 0 Å². The number of carbonyl (C=O) groups is 2. The number of likely N-dealkylation sites (tertiary alicyclic amines) is 1. The van der Waals surface area contributed by atoms with Gasteiger partial charge in [-0.05, 0) is 46.1 Å². The van der Waals surface area contributed by atoms with E-state index in [1.165, 1.54) is 0 Å². The van der Waals surface area contributed by atoms with E-state index in [-0.39, 0.29) is 11.5 Å². The smallest absolute Gasteiger partial charge is 0.407 e. The Hall–Kier alpha value is -2.84. The van der Waals surface area contributed by atoms with E-state index in [4.69, 9.17) is 10.1 Å². The van der Waals surface area contributed by atoms with Crippen molar-refractivity contribution in [1.29, 1.82) is 5.41 Å². The first-order chi connectivity index (χ1) is 13.3. The van der Waals surface area contributed by atoms with Crippen LogP contribution in [0.25, 0.3) is 0 Å². The molecule has 9 nitrogen and oxygen atoms in total. The average molecular weight is 390 g/mol. The van der Waals surface area contributed by atoms with Crippen molar-refractivity contribution in [3.8, 4) is 0 Å². The number of carbonyl (C=O) groups excluding carboxylic acids is 2. The summed E-state index contributed by atoms with van der Waals surface area (Å²) in [5.41, 5.74) is -0.375. The second-order valence-corrected chi connectivity index (χ2v) is 7.59. The zero-order valence-electron chi connectivity index (χ0n) is 16.8. The molecular formula is C19H30N6O3. The summed E-state index contributed by atoms with van der Waals surface area (Å²) >= 11 is 0. The third kappa shape index (κ3) is 6.71. The van der Waals surface area contributed by atoms with Crippen LogP contribution in [0, 0.1) is 5.41 Å². The summed E-state index contributed by atoms with van der Waals surface area (Å²) < 4.78 is 5.14. The van der Waals surface area contributed by atoms with Gasteiger partial charge in [0.05, 0.1) is 5.57 Å². The highest BCUT2D eigenvalue weighted by Crippen LogP contribution is 2.14. The average Bonchev–Trinajstić information content (AvgIpc) is 3.15. The number of amidine groups is 1. The number of alkyl carbamates (subject to hydrolysis) is 1. The zero-order valence-corrected chi connectivity index (χ0v) is 16.8. The fourth-order valence-electron chi connectivity index (χ4n) is 2.77. The lowest BCUT2D eigenvalue weighted by atomic mass is 10.2. The van der Waals surface area contributed by atoms with Crippen LogP contribution in [0.5, 0.6) is 0 Å². The van der Waals surface area contributed by atoms with Crippen LogP contribution >= 0.6 is 0 Å². The molecule has 2 rings (SSSR count). The summed E-state index contributed by atoms with van der Waals surface area (Å²) in [6, 6.07) is 0. The minimum Gasteiger partial charge on any atom is -0.444 e. The predicted octanol–water partition coefficient (Wildman–Crippen LogP) is 1.49. The summed E-state index contributed by atoms with van der Waals surface area (Å²) in [7, 11) is 0. The van der Waals surface area contributed by atoms with E-state index in [0.717, 1.165) is 38.0 Å². The number of rotatable bonds is 6. The highest BCUT2D eigenvalue weighted by atomic mass is 16.6. The Balaban J connectivity index is 1.83. The number of hydrogen-bond donors (Lipinski definition) is 4. The SMILES string of the molecule is CC(C)(C)OC(=O)NCCCNC(=O)/C(C=N)=C1\N=C(N2CCCC2)C=CN1. The lowest BCUT2D eigenvalue weighted by molar-refractivity contribution is -0.117. The summed E-state index contributed by atoms with van der Waals surface area (Å²) in [5.74, 6) is 0.790. The number of amides is 2. The van der Waals surface area contributed by atoms with Crippen molar-refractivity contribution in [2.75, 3.05) is 26.2 Å². The monoisotopic (exact) mass is 390 g/mol. The molecule has 0 radical (unpaired) electrons. The van der Waals surface area contributed by atoms with Gasteiger partial charge < -0.3 is 31.0 Å². The van der Waals surface area contributed by atoms with Gasteiger partial charge in [0, 0.05) is 38.6 Å². The van der Waals surface area contributed by atoms with Gasteiger partial charge in [-0.3, -0.25) is 4.79 Å². The van der Waals surface area contributed by atoms with Gasteiger partial charge in [-0.25, -0.2) is 9.79 Å². The van der Waals surface area contributed by atoms with Gasteiger partial charge in [0.1, 0.15) is 17.3 Å². The molecule has 0 bridgehead atoms. The first-order valence-corrected chi connectivity index (χ1v) is 9.56. The summed E-state index contributed by atoms with van der Waals surface area (Å²) in [5, 5.41) is 15.9. The maximum Gasteiger partial charge on any atom is 0.407 e. The molecule has 1 fully saturated rings. The third-order valence-electron chi connectivity index (χ3n) is 4.06. The van der Waals surface area contributed by atoms with Gasteiger partial charge in [-0.2, -0.15) is 0 Å². The van der Waals surface area contributed by atoms with Crippen molar-refractivity contribution in [2.24, 2.45) is 4.99 Å². The molecule has 2 aliphatic heterocycles. The first kappa shape index (κ1) is 21.5. The second-order valence-electron chi connectivity index (χ2n) is 7.59. The molecule has 154 valence electrons. The highest BCUT2D eigenvalue weighted by molar-refractivity contribution is 6.12. The molecule has 0 saturated carbocycles. The Morgan fingerprint density at radius 1 is 1.29 bits per heavy atom. The largest absolute Gasteiger partial charge is 0.444 e. The molecule has 0 aliphatic carbocycles.